The Labute approximate surface area is 172 Å². The van der Waals surface area contributed by atoms with Crippen LogP contribution in [0.4, 0.5) is 21.1 Å². The standard InChI is InChI=1S/C19H17FN8O.CH4/c1-2-22-19(29)28-18-26-14-7-10(11-8-24-17(21)25-9-11)6-12(16(14)27-18)15-13(20)4-3-5-23-15;/h3-9H,2H2,1H3,(H2,21,24,25)(H3,22,26,27,28,29);1H4. The lowest BCUT2D eigenvalue weighted by molar-refractivity contribution is 0.252. The summed E-state index contributed by atoms with van der Waals surface area (Å²) in [6.07, 6.45) is 4.66. The lowest BCUT2D eigenvalue weighted by Gasteiger charge is -2.07. The van der Waals surface area contributed by atoms with Gasteiger partial charge in [0.1, 0.15) is 17.0 Å². The quantitative estimate of drug-likeness (QED) is 0.408. The first-order valence-corrected chi connectivity index (χ1v) is 8.82. The van der Waals surface area contributed by atoms with Crippen LogP contribution in [0.1, 0.15) is 14.4 Å². The molecule has 1 aromatic carbocycles. The van der Waals surface area contributed by atoms with Crippen molar-refractivity contribution in [3.63, 3.8) is 0 Å². The van der Waals surface area contributed by atoms with Crippen LogP contribution < -0.4 is 16.4 Å². The monoisotopic (exact) mass is 408 g/mol. The topological polar surface area (TPSA) is 134 Å². The minimum atomic E-state index is -0.485. The molecule has 0 aliphatic rings. The Kier molecular flexibility index (Phi) is 5.86. The number of rotatable bonds is 4. The second-order valence-corrected chi connectivity index (χ2v) is 6.15. The molecule has 3 heterocycles. The van der Waals surface area contributed by atoms with E-state index in [1.165, 1.54) is 18.3 Å². The number of aromatic nitrogens is 5. The number of amides is 2. The molecule has 0 atom stereocenters. The highest BCUT2D eigenvalue weighted by Gasteiger charge is 2.17. The van der Waals surface area contributed by atoms with Crippen molar-refractivity contribution in [1.82, 2.24) is 30.2 Å². The van der Waals surface area contributed by atoms with Crippen molar-refractivity contribution in [1.29, 1.82) is 0 Å². The second-order valence-electron chi connectivity index (χ2n) is 6.15. The van der Waals surface area contributed by atoms with Crippen molar-refractivity contribution in [2.45, 2.75) is 14.4 Å². The van der Waals surface area contributed by atoms with Crippen molar-refractivity contribution in [2.24, 2.45) is 0 Å². The number of hydrogen-bond donors (Lipinski definition) is 4. The van der Waals surface area contributed by atoms with Crippen molar-refractivity contribution >= 4 is 29.0 Å². The number of anilines is 2. The molecule has 0 radical (unpaired) electrons. The first kappa shape index (κ1) is 20.6. The highest BCUT2D eigenvalue weighted by molar-refractivity contribution is 5.98. The van der Waals surface area contributed by atoms with Crippen LogP contribution in [0.5, 0.6) is 0 Å². The number of aromatic amines is 1. The molecule has 154 valence electrons. The van der Waals surface area contributed by atoms with Crippen LogP contribution in [0.25, 0.3) is 33.4 Å². The van der Waals surface area contributed by atoms with Gasteiger partial charge < -0.3 is 16.0 Å². The van der Waals surface area contributed by atoms with Gasteiger partial charge >= 0.3 is 6.03 Å². The number of nitrogens with two attached hydrogens (primary N) is 1. The Hall–Kier alpha value is -4.08. The molecular formula is C20H21FN8O. The van der Waals surface area contributed by atoms with Crippen molar-refractivity contribution in [2.75, 3.05) is 17.6 Å². The third-order valence-electron chi connectivity index (χ3n) is 4.17. The number of fused-ring (bicyclic) bond motifs is 1. The van der Waals surface area contributed by atoms with E-state index in [0.29, 0.717) is 34.3 Å². The van der Waals surface area contributed by atoms with Gasteiger partial charge in [-0.15, -0.1) is 0 Å². The summed E-state index contributed by atoms with van der Waals surface area (Å²) in [5, 5.41) is 5.25. The van der Waals surface area contributed by atoms with Crippen molar-refractivity contribution in [3.8, 4) is 22.4 Å². The third kappa shape index (κ3) is 4.02. The molecule has 0 fully saturated rings. The number of H-pyrrole nitrogens is 1. The lowest BCUT2D eigenvalue weighted by atomic mass is 10.0. The molecule has 10 heteroatoms. The average Bonchev–Trinajstić information content (AvgIpc) is 3.10. The van der Waals surface area contributed by atoms with E-state index in [4.69, 9.17) is 5.73 Å². The predicted molar refractivity (Wildman–Crippen MR) is 114 cm³/mol. The van der Waals surface area contributed by atoms with Gasteiger partial charge in [0, 0.05) is 36.3 Å². The fourth-order valence-electron chi connectivity index (χ4n) is 2.91. The van der Waals surface area contributed by atoms with Crippen LogP contribution >= 0.6 is 0 Å². The highest BCUT2D eigenvalue weighted by atomic mass is 19.1. The number of urea groups is 1. The largest absolute Gasteiger partial charge is 0.368 e. The van der Waals surface area contributed by atoms with E-state index in [-0.39, 0.29) is 25.0 Å². The molecule has 0 spiro atoms. The Morgan fingerprint density at radius 1 is 1.20 bits per heavy atom. The van der Waals surface area contributed by atoms with E-state index < -0.39 is 11.8 Å². The molecule has 30 heavy (non-hydrogen) atoms. The summed E-state index contributed by atoms with van der Waals surface area (Å²) in [6, 6.07) is 6.00. The molecule has 5 N–H and O–H groups in total. The maximum Gasteiger partial charge on any atom is 0.321 e. The molecule has 0 bridgehead atoms. The fraction of sp³-hybridized carbons (Fsp3) is 0.150. The minimum Gasteiger partial charge on any atom is -0.368 e. The zero-order valence-electron chi connectivity index (χ0n) is 15.4. The van der Waals surface area contributed by atoms with Crippen molar-refractivity contribution < 1.29 is 9.18 Å². The molecule has 0 saturated carbocycles. The Morgan fingerprint density at radius 2 is 1.97 bits per heavy atom. The Morgan fingerprint density at radius 3 is 2.67 bits per heavy atom. The van der Waals surface area contributed by atoms with E-state index in [2.05, 4.69) is 35.6 Å². The van der Waals surface area contributed by atoms with Gasteiger partial charge in [-0.1, -0.05) is 7.43 Å². The van der Waals surface area contributed by atoms with Crippen LogP contribution in [0, 0.1) is 5.82 Å². The summed E-state index contributed by atoms with van der Waals surface area (Å²) in [5.74, 6) is -0.101. The Balaban J connectivity index is 0.00000256. The summed E-state index contributed by atoms with van der Waals surface area (Å²) < 4.78 is 14.5. The van der Waals surface area contributed by atoms with Gasteiger partial charge in [0.25, 0.3) is 0 Å². The Bertz CT molecular complexity index is 1190. The van der Waals surface area contributed by atoms with Crippen LogP contribution in [0.2, 0.25) is 0 Å². The van der Waals surface area contributed by atoms with E-state index in [9.17, 15) is 9.18 Å². The number of halogens is 1. The maximum atomic E-state index is 14.5. The minimum absolute atomic E-state index is 0. The number of hydrogen-bond acceptors (Lipinski definition) is 6. The molecule has 9 nitrogen and oxygen atoms in total. The number of pyridine rings is 1. The van der Waals surface area contributed by atoms with Gasteiger partial charge in [-0.3, -0.25) is 10.3 Å². The highest BCUT2D eigenvalue weighted by Crippen LogP contribution is 2.33. The number of nitrogen functional groups attached to an aromatic ring is 1. The SMILES string of the molecule is C.CCNC(=O)Nc1nc2c(-c3ncccc3F)cc(-c3cnc(N)nc3)cc2[nH]1. The summed E-state index contributed by atoms with van der Waals surface area (Å²) in [6.45, 7) is 2.28. The molecule has 4 rings (SSSR count). The number of nitrogens with one attached hydrogen (secondary N) is 3. The molecule has 0 saturated heterocycles. The average molecular weight is 408 g/mol. The molecule has 4 aromatic rings. The van der Waals surface area contributed by atoms with Gasteiger partial charge in [-0.05, 0) is 36.8 Å². The van der Waals surface area contributed by atoms with E-state index in [1.54, 1.807) is 25.4 Å². The van der Waals surface area contributed by atoms with Gasteiger partial charge in [0.05, 0.1) is 5.52 Å². The van der Waals surface area contributed by atoms with E-state index in [0.717, 1.165) is 0 Å². The summed E-state index contributed by atoms with van der Waals surface area (Å²) in [4.78, 5) is 31.5. The van der Waals surface area contributed by atoms with Gasteiger partial charge in [0.2, 0.25) is 11.9 Å². The zero-order chi connectivity index (χ0) is 20.4. The maximum absolute atomic E-state index is 14.5. The van der Waals surface area contributed by atoms with Crippen LogP contribution in [0.3, 0.4) is 0 Å². The molecule has 0 aliphatic carbocycles. The predicted octanol–water partition coefficient (Wildman–Crippen LogP) is 3.58. The smallest absolute Gasteiger partial charge is 0.321 e. The third-order valence-corrected chi connectivity index (χ3v) is 4.17. The number of carbonyl (C=O) groups is 1. The molecular weight excluding hydrogens is 387 g/mol. The van der Waals surface area contributed by atoms with Crippen molar-refractivity contribution in [3.05, 3.63) is 48.7 Å². The van der Waals surface area contributed by atoms with Gasteiger partial charge in [-0.2, -0.15) is 0 Å². The molecule has 2 amide bonds. The number of nitrogens with zero attached hydrogens (tertiary/aromatic N) is 4. The molecule has 0 unspecified atom stereocenters. The first-order valence-electron chi connectivity index (χ1n) is 8.82. The normalized spacial score (nSPS) is 10.5. The summed E-state index contributed by atoms with van der Waals surface area (Å²) in [5.41, 5.74) is 8.63. The summed E-state index contributed by atoms with van der Waals surface area (Å²) in [7, 11) is 0. The number of benzene rings is 1. The number of imidazole rings is 1. The molecule has 3 aromatic heterocycles. The lowest BCUT2D eigenvalue weighted by Crippen LogP contribution is -2.28. The molecule has 0 aliphatic heterocycles. The van der Waals surface area contributed by atoms with Crippen LogP contribution in [0.15, 0.2) is 42.9 Å². The fourth-order valence-corrected chi connectivity index (χ4v) is 2.91. The summed E-state index contributed by atoms with van der Waals surface area (Å²) >= 11 is 0. The van der Waals surface area contributed by atoms with Gasteiger partial charge in [0.15, 0.2) is 0 Å². The van der Waals surface area contributed by atoms with Crippen LogP contribution in [-0.4, -0.2) is 37.5 Å². The zero-order valence-corrected chi connectivity index (χ0v) is 15.4. The van der Waals surface area contributed by atoms with E-state index in [1.807, 2.05) is 6.07 Å². The first-order chi connectivity index (χ1) is 14.0. The van der Waals surface area contributed by atoms with E-state index >= 15 is 0 Å². The van der Waals surface area contributed by atoms with Crippen LogP contribution in [-0.2, 0) is 0 Å². The van der Waals surface area contributed by atoms with Gasteiger partial charge in [-0.25, -0.2) is 24.1 Å². The number of carbonyl (C=O) groups excluding carboxylic acids is 1. The second kappa shape index (κ2) is 8.52.